The van der Waals surface area contributed by atoms with Crippen molar-refractivity contribution in [2.24, 2.45) is 0 Å². The van der Waals surface area contributed by atoms with Crippen molar-refractivity contribution >= 4 is 12.2 Å². The van der Waals surface area contributed by atoms with Crippen LogP contribution in [0.1, 0.15) is 0 Å². The van der Waals surface area contributed by atoms with Crippen LogP contribution in [0.4, 0.5) is 5.82 Å². The third-order valence-electron chi connectivity index (χ3n) is 3.84. The molecule has 0 saturated carbocycles. The molecule has 2 fully saturated rings. The molecule has 3 heterocycles. The van der Waals surface area contributed by atoms with Gasteiger partial charge >= 0.3 is 0 Å². The molecule has 5 nitrogen and oxygen atoms in total. The molecule has 0 bridgehead atoms. The molecule has 0 unspecified atom stereocenters. The van der Waals surface area contributed by atoms with Crippen molar-refractivity contribution in [3.8, 4) is 0 Å². The molecular weight excluding hydrogens is 228 g/mol. The number of aromatic nitrogens is 1. The number of nitrogens with zero attached hydrogens (tertiary/aromatic N) is 4. The lowest BCUT2D eigenvalue weighted by Crippen LogP contribution is -2.62. The molecule has 0 spiro atoms. The summed E-state index contributed by atoms with van der Waals surface area (Å²) in [6, 6.07) is 6.61. The quantitative estimate of drug-likeness (QED) is 0.706. The summed E-state index contributed by atoms with van der Waals surface area (Å²) in [7, 11) is 0. The molecule has 5 heteroatoms. The fourth-order valence-corrected chi connectivity index (χ4v) is 2.66. The van der Waals surface area contributed by atoms with Gasteiger partial charge < -0.3 is 9.80 Å². The highest BCUT2D eigenvalue weighted by Gasteiger charge is 2.32. The highest BCUT2D eigenvalue weighted by atomic mass is 16.1. The summed E-state index contributed by atoms with van der Waals surface area (Å²) in [5.41, 5.74) is 0. The highest BCUT2D eigenvalue weighted by Crippen LogP contribution is 2.18. The maximum atomic E-state index is 10.5. The summed E-state index contributed by atoms with van der Waals surface area (Å²) >= 11 is 0. The molecule has 2 aliphatic heterocycles. The van der Waals surface area contributed by atoms with E-state index in [9.17, 15) is 4.79 Å². The Balaban J connectivity index is 1.51. The summed E-state index contributed by atoms with van der Waals surface area (Å²) in [4.78, 5) is 21.6. The summed E-state index contributed by atoms with van der Waals surface area (Å²) in [6.45, 7) is 5.96. The van der Waals surface area contributed by atoms with Gasteiger partial charge in [0.1, 0.15) is 5.82 Å². The molecule has 2 aliphatic rings. The van der Waals surface area contributed by atoms with Crippen molar-refractivity contribution in [3.05, 3.63) is 24.4 Å². The number of carbonyl (C=O) groups is 1. The molecule has 0 aromatic carbocycles. The van der Waals surface area contributed by atoms with Gasteiger partial charge in [-0.25, -0.2) is 4.98 Å². The minimum atomic E-state index is 0.570. The van der Waals surface area contributed by atoms with Gasteiger partial charge in [-0.1, -0.05) is 6.07 Å². The molecule has 1 aromatic heterocycles. The normalized spacial score (nSPS) is 21.8. The second-order valence-corrected chi connectivity index (χ2v) is 4.92. The van der Waals surface area contributed by atoms with E-state index in [4.69, 9.17) is 0 Å². The number of pyridine rings is 1. The Hall–Kier alpha value is -1.62. The smallest absolute Gasteiger partial charge is 0.209 e. The SMILES string of the molecule is O=CN1CC(N2CCN(c3ccccn3)CC2)C1. The average Bonchev–Trinajstić information content (AvgIpc) is 2.39. The largest absolute Gasteiger partial charge is 0.354 e. The molecule has 1 amide bonds. The van der Waals surface area contributed by atoms with Crippen LogP contribution in [0.5, 0.6) is 0 Å². The van der Waals surface area contributed by atoms with Gasteiger partial charge in [-0.2, -0.15) is 0 Å². The Morgan fingerprint density at radius 2 is 1.94 bits per heavy atom. The summed E-state index contributed by atoms with van der Waals surface area (Å²) in [5, 5.41) is 0. The van der Waals surface area contributed by atoms with Crippen molar-refractivity contribution in [2.75, 3.05) is 44.2 Å². The number of rotatable bonds is 3. The van der Waals surface area contributed by atoms with E-state index in [0.717, 1.165) is 51.5 Å². The van der Waals surface area contributed by atoms with E-state index in [1.807, 2.05) is 23.2 Å². The van der Waals surface area contributed by atoms with Crippen molar-refractivity contribution in [1.82, 2.24) is 14.8 Å². The fraction of sp³-hybridized carbons (Fsp3) is 0.538. The van der Waals surface area contributed by atoms with Crippen LogP contribution in [0, 0.1) is 0 Å². The molecule has 3 rings (SSSR count). The van der Waals surface area contributed by atoms with Crippen LogP contribution in [0.25, 0.3) is 0 Å². The lowest BCUT2D eigenvalue weighted by molar-refractivity contribution is -0.125. The molecule has 0 radical (unpaired) electrons. The zero-order valence-corrected chi connectivity index (χ0v) is 10.4. The number of carbonyl (C=O) groups excluding carboxylic acids is 1. The van der Waals surface area contributed by atoms with Crippen LogP contribution in [0.3, 0.4) is 0 Å². The van der Waals surface area contributed by atoms with Crippen LogP contribution >= 0.6 is 0 Å². The van der Waals surface area contributed by atoms with E-state index in [-0.39, 0.29) is 0 Å². The molecule has 2 saturated heterocycles. The Labute approximate surface area is 107 Å². The Morgan fingerprint density at radius 3 is 2.56 bits per heavy atom. The van der Waals surface area contributed by atoms with Gasteiger partial charge in [0.2, 0.25) is 6.41 Å². The number of anilines is 1. The maximum Gasteiger partial charge on any atom is 0.209 e. The van der Waals surface area contributed by atoms with Crippen LogP contribution in [-0.4, -0.2) is 66.5 Å². The standard InChI is InChI=1S/C13H18N4O/c18-11-15-9-12(10-15)16-5-7-17(8-6-16)13-3-1-2-4-14-13/h1-4,11-12H,5-10H2. The van der Waals surface area contributed by atoms with Crippen LogP contribution < -0.4 is 4.90 Å². The van der Waals surface area contributed by atoms with E-state index in [2.05, 4.69) is 20.9 Å². The molecule has 96 valence electrons. The second-order valence-electron chi connectivity index (χ2n) is 4.92. The minimum absolute atomic E-state index is 0.570. The van der Waals surface area contributed by atoms with Gasteiger partial charge in [0.05, 0.1) is 0 Å². The Kier molecular flexibility index (Phi) is 3.15. The zero-order chi connectivity index (χ0) is 12.4. The van der Waals surface area contributed by atoms with Gasteiger partial charge in [0.25, 0.3) is 0 Å². The Bertz CT molecular complexity index is 397. The maximum absolute atomic E-state index is 10.5. The molecule has 0 N–H and O–H groups in total. The number of piperazine rings is 1. The van der Waals surface area contributed by atoms with E-state index in [1.54, 1.807) is 0 Å². The van der Waals surface area contributed by atoms with Crippen LogP contribution in [-0.2, 0) is 4.79 Å². The van der Waals surface area contributed by atoms with Gasteiger partial charge in [0.15, 0.2) is 0 Å². The van der Waals surface area contributed by atoms with E-state index in [1.165, 1.54) is 0 Å². The fourth-order valence-electron chi connectivity index (χ4n) is 2.66. The van der Waals surface area contributed by atoms with Crippen molar-refractivity contribution in [3.63, 3.8) is 0 Å². The molecule has 1 aromatic rings. The molecule has 0 atom stereocenters. The first-order valence-electron chi connectivity index (χ1n) is 6.46. The monoisotopic (exact) mass is 246 g/mol. The number of hydrogen-bond acceptors (Lipinski definition) is 4. The first-order chi connectivity index (χ1) is 8.86. The second kappa shape index (κ2) is 4.94. The first kappa shape index (κ1) is 11.5. The number of likely N-dealkylation sites (tertiary alicyclic amines) is 1. The zero-order valence-electron chi connectivity index (χ0n) is 10.4. The number of hydrogen-bond donors (Lipinski definition) is 0. The van der Waals surface area contributed by atoms with Gasteiger partial charge in [-0.05, 0) is 12.1 Å². The summed E-state index contributed by atoms with van der Waals surface area (Å²) in [5.74, 6) is 1.07. The predicted octanol–water partition coefficient (Wildman–Crippen LogP) is 0.0442. The van der Waals surface area contributed by atoms with Gasteiger partial charge in [-0.3, -0.25) is 9.69 Å². The third kappa shape index (κ3) is 2.18. The molecule has 18 heavy (non-hydrogen) atoms. The van der Waals surface area contributed by atoms with E-state index in [0.29, 0.717) is 6.04 Å². The van der Waals surface area contributed by atoms with Gasteiger partial charge in [0, 0.05) is 51.5 Å². The van der Waals surface area contributed by atoms with Crippen molar-refractivity contribution in [2.45, 2.75) is 6.04 Å². The van der Waals surface area contributed by atoms with Crippen LogP contribution in [0.2, 0.25) is 0 Å². The summed E-state index contributed by atoms with van der Waals surface area (Å²) < 4.78 is 0. The predicted molar refractivity (Wildman–Crippen MR) is 69.4 cm³/mol. The van der Waals surface area contributed by atoms with Crippen molar-refractivity contribution in [1.29, 1.82) is 0 Å². The number of amides is 1. The first-order valence-corrected chi connectivity index (χ1v) is 6.46. The summed E-state index contributed by atoms with van der Waals surface area (Å²) in [6.07, 6.45) is 2.79. The highest BCUT2D eigenvalue weighted by molar-refractivity contribution is 5.49. The lowest BCUT2D eigenvalue weighted by Gasteiger charge is -2.47. The molecule has 0 aliphatic carbocycles. The topological polar surface area (TPSA) is 39.7 Å². The Morgan fingerprint density at radius 1 is 1.17 bits per heavy atom. The van der Waals surface area contributed by atoms with Gasteiger partial charge in [-0.15, -0.1) is 0 Å². The van der Waals surface area contributed by atoms with E-state index < -0.39 is 0 Å². The minimum Gasteiger partial charge on any atom is -0.354 e. The van der Waals surface area contributed by atoms with Crippen LogP contribution in [0.15, 0.2) is 24.4 Å². The average molecular weight is 246 g/mol. The van der Waals surface area contributed by atoms with Crippen molar-refractivity contribution < 1.29 is 4.79 Å². The third-order valence-corrected chi connectivity index (χ3v) is 3.84. The van der Waals surface area contributed by atoms with E-state index >= 15 is 0 Å². The molecular formula is C13H18N4O. The lowest BCUT2D eigenvalue weighted by atomic mass is 10.1.